The van der Waals surface area contributed by atoms with E-state index in [2.05, 4.69) is 26.6 Å². The van der Waals surface area contributed by atoms with E-state index in [4.69, 9.17) is 0 Å². The van der Waals surface area contributed by atoms with E-state index in [1.165, 1.54) is 11.1 Å². The molecule has 0 aliphatic rings. The molecule has 0 heterocycles. The molecule has 0 saturated heterocycles. The minimum Gasteiger partial charge on any atom is -0.338 e. The third-order valence-corrected chi connectivity index (χ3v) is 3.71. The number of rotatable bonds is 5. The summed E-state index contributed by atoms with van der Waals surface area (Å²) >= 11 is 3.40. The molecule has 0 fully saturated rings. The molecule has 2 aromatic rings. The molecular weight excluding hydrogens is 340 g/mol. The number of halogens is 1. The smallest absolute Gasteiger partial charge is 0.318 e. The van der Waals surface area contributed by atoms with Gasteiger partial charge < -0.3 is 10.6 Å². The summed E-state index contributed by atoms with van der Waals surface area (Å²) in [5, 5.41) is 5.53. The van der Waals surface area contributed by atoms with Crippen molar-refractivity contribution in [3.8, 4) is 0 Å². The maximum absolute atomic E-state index is 11.7. The number of hydrogen-bond donors (Lipinski definition) is 2. The molecule has 2 aromatic carbocycles. The number of amides is 2. The first-order chi connectivity index (χ1) is 10.6. The highest BCUT2D eigenvalue weighted by Gasteiger charge is 1.97. The van der Waals surface area contributed by atoms with E-state index < -0.39 is 0 Å². The van der Waals surface area contributed by atoms with Crippen LogP contribution in [-0.2, 0) is 6.42 Å². The molecule has 3 nitrogen and oxygen atoms in total. The van der Waals surface area contributed by atoms with Crippen LogP contribution >= 0.6 is 15.9 Å². The highest BCUT2D eigenvalue weighted by molar-refractivity contribution is 9.10. The Bertz CT molecular complexity index is 633. The van der Waals surface area contributed by atoms with Gasteiger partial charge in [-0.2, -0.15) is 0 Å². The molecule has 0 bridgehead atoms. The van der Waals surface area contributed by atoms with Crippen LogP contribution in [0, 0.1) is 6.92 Å². The Morgan fingerprint density at radius 1 is 1.09 bits per heavy atom. The van der Waals surface area contributed by atoms with Crippen LogP contribution in [0.25, 0.3) is 6.08 Å². The second kappa shape index (κ2) is 8.39. The van der Waals surface area contributed by atoms with Gasteiger partial charge in [0.25, 0.3) is 0 Å². The van der Waals surface area contributed by atoms with Crippen LogP contribution < -0.4 is 10.6 Å². The summed E-state index contributed by atoms with van der Waals surface area (Å²) in [6.07, 6.45) is 4.33. The predicted molar refractivity (Wildman–Crippen MR) is 94.6 cm³/mol. The van der Waals surface area contributed by atoms with Gasteiger partial charge in [0.15, 0.2) is 0 Å². The average molecular weight is 359 g/mol. The number of carbonyl (C=O) groups is 1. The maximum atomic E-state index is 11.7. The van der Waals surface area contributed by atoms with Gasteiger partial charge in [-0.25, -0.2) is 4.79 Å². The van der Waals surface area contributed by atoms with Crippen LogP contribution in [0.5, 0.6) is 0 Å². The van der Waals surface area contributed by atoms with Crippen LogP contribution in [0.4, 0.5) is 4.79 Å². The highest BCUT2D eigenvalue weighted by Crippen LogP contribution is 2.10. The topological polar surface area (TPSA) is 41.1 Å². The van der Waals surface area contributed by atoms with Crippen LogP contribution in [0.1, 0.15) is 16.7 Å². The molecule has 2 rings (SSSR count). The Morgan fingerprint density at radius 2 is 1.77 bits per heavy atom. The molecule has 0 aliphatic heterocycles. The Labute approximate surface area is 139 Å². The first-order valence-electron chi connectivity index (χ1n) is 7.15. The maximum Gasteiger partial charge on any atom is 0.318 e. The standard InChI is InChI=1S/C18H19BrN2O/c1-14-2-4-15(5-3-14)10-12-20-18(22)21-13-11-16-6-8-17(19)9-7-16/h2-10,12H,11,13H2,1H3,(H2,20,21,22)/b12-10+. The second-order valence-electron chi connectivity index (χ2n) is 5.02. The van der Waals surface area contributed by atoms with Gasteiger partial charge in [0.1, 0.15) is 0 Å². The second-order valence-corrected chi connectivity index (χ2v) is 5.94. The summed E-state index contributed by atoms with van der Waals surface area (Å²) in [6.45, 7) is 2.65. The fraction of sp³-hybridized carbons (Fsp3) is 0.167. The van der Waals surface area contributed by atoms with Gasteiger partial charge in [-0.3, -0.25) is 0 Å². The Hall–Kier alpha value is -2.07. The molecule has 114 valence electrons. The summed E-state index contributed by atoms with van der Waals surface area (Å²) in [4.78, 5) is 11.7. The molecular formula is C18H19BrN2O. The van der Waals surface area contributed by atoms with Gasteiger partial charge in [0.05, 0.1) is 0 Å². The lowest BCUT2D eigenvalue weighted by Crippen LogP contribution is -2.33. The molecule has 0 radical (unpaired) electrons. The van der Waals surface area contributed by atoms with Crippen molar-refractivity contribution < 1.29 is 4.79 Å². The van der Waals surface area contributed by atoms with E-state index in [0.29, 0.717) is 6.54 Å². The van der Waals surface area contributed by atoms with Gasteiger partial charge in [-0.15, -0.1) is 0 Å². The average Bonchev–Trinajstić information content (AvgIpc) is 2.51. The number of nitrogens with one attached hydrogen (secondary N) is 2. The van der Waals surface area contributed by atoms with Crippen molar-refractivity contribution in [3.63, 3.8) is 0 Å². The van der Waals surface area contributed by atoms with E-state index in [1.54, 1.807) is 6.20 Å². The van der Waals surface area contributed by atoms with Crippen LogP contribution in [0.2, 0.25) is 0 Å². The fourth-order valence-corrected chi connectivity index (χ4v) is 2.18. The Morgan fingerprint density at radius 3 is 2.45 bits per heavy atom. The zero-order valence-electron chi connectivity index (χ0n) is 12.5. The number of aryl methyl sites for hydroxylation is 1. The van der Waals surface area contributed by atoms with Crippen molar-refractivity contribution >= 4 is 28.0 Å². The zero-order valence-corrected chi connectivity index (χ0v) is 14.1. The van der Waals surface area contributed by atoms with Gasteiger partial charge in [0.2, 0.25) is 0 Å². The molecule has 0 atom stereocenters. The lowest BCUT2D eigenvalue weighted by Gasteiger charge is -2.05. The summed E-state index contributed by atoms with van der Waals surface area (Å²) in [5.74, 6) is 0. The summed E-state index contributed by atoms with van der Waals surface area (Å²) in [6, 6.07) is 16.0. The Balaban J connectivity index is 1.69. The SMILES string of the molecule is Cc1ccc(/C=C/NC(=O)NCCc2ccc(Br)cc2)cc1. The van der Waals surface area contributed by atoms with Gasteiger partial charge in [-0.1, -0.05) is 57.9 Å². The van der Waals surface area contributed by atoms with Crippen LogP contribution in [-0.4, -0.2) is 12.6 Å². The minimum absolute atomic E-state index is 0.194. The summed E-state index contributed by atoms with van der Waals surface area (Å²) in [7, 11) is 0. The first kappa shape index (κ1) is 16.3. The molecule has 4 heteroatoms. The molecule has 2 amide bonds. The minimum atomic E-state index is -0.194. The quantitative estimate of drug-likeness (QED) is 0.823. The number of hydrogen-bond acceptors (Lipinski definition) is 1. The van der Waals surface area contributed by atoms with E-state index in [9.17, 15) is 4.79 Å². The van der Waals surface area contributed by atoms with Crippen molar-refractivity contribution in [2.45, 2.75) is 13.3 Å². The zero-order chi connectivity index (χ0) is 15.8. The normalized spacial score (nSPS) is 10.6. The highest BCUT2D eigenvalue weighted by atomic mass is 79.9. The predicted octanol–water partition coefficient (Wildman–Crippen LogP) is 4.27. The molecule has 2 N–H and O–H groups in total. The molecule has 0 spiro atoms. The molecule has 0 saturated carbocycles. The van der Waals surface area contributed by atoms with E-state index in [1.807, 2.05) is 61.5 Å². The lowest BCUT2D eigenvalue weighted by atomic mass is 10.1. The lowest BCUT2D eigenvalue weighted by molar-refractivity contribution is 0.244. The van der Waals surface area contributed by atoms with Crippen LogP contribution in [0.15, 0.2) is 59.2 Å². The number of urea groups is 1. The van der Waals surface area contributed by atoms with Crippen molar-refractivity contribution in [2.24, 2.45) is 0 Å². The molecule has 0 aromatic heterocycles. The number of benzene rings is 2. The number of carbonyl (C=O) groups excluding carboxylic acids is 1. The van der Waals surface area contributed by atoms with E-state index in [-0.39, 0.29) is 6.03 Å². The third-order valence-electron chi connectivity index (χ3n) is 3.18. The molecule has 0 aliphatic carbocycles. The van der Waals surface area contributed by atoms with E-state index in [0.717, 1.165) is 16.5 Å². The molecule has 22 heavy (non-hydrogen) atoms. The van der Waals surface area contributed by atoms with Crippen molar-refractivity contribution in [2.75, 3.05) is 6.54 Å². The van der Waals surface area contributed by atoms with Gasteiger partial charge in [-0.05, 0) is 42.7 Å². The third kappa shape index (κ3) is 5.74. The molecule has 0 unspecified atom stereocenters. The van der Waals surface area contributed by atoms with Crippen molar-refractivity contribution in [3.05, 3.63) is 75.9 Å². The van der Waals surface area contributed by atoms with Crippen molar-refractivity contribution in [1.29, 1.82) is 0 Å². The fourth-order valence-electron chi connectivity index (χ4n) is 1.91. The largest absolute Gasteiger partial charge is 0.338 e. The Kier molecular flexibility index (Phi) is 6.22. The van der Waals surface area contributed by atoms with E-state index >= 15 is 0 Å². The summed E-state index contributed by atoms with van der Waals surface area (Å²) < 4.78 is 1.06. The van der Waals surface area contributed by atoms with Crippen molar-refractivity contribution in [1.82, 2.24) is 10.6 Å². The monoisotopic (exact) mass is 358 g/mol. The summed E-state index contributed by atoms with van der Waals surface area (Å²) in [5.41, 5.74) is 3.47. The van der Waals surface area contributed by atoms with Gasteiger partial charge in [0, 0.05) is 17.2 Å². The van der Waals surface area contributed by atoms with Gasteiger partial charge >= 0.3 is 6.03 Å². The first-order valence-corrected chi connectivity index (χ1v) is 7.95. The van der Waals surface area contributed by atoms with Crippen LogP contribution in [0.3, 0.4) is 0 Å².